The topological polar surface area (TPSA) is 71.4 Å². The van der Waals surface area contributed by atoms with E-state index in [9.17, 15) is 13.2 Å². The van der Waals surface area contributed by atoms with Crippen LogP contribution in [0.4, 0.5) is 0 Å². The van der Waals surface area contributed by atoms with E-state index in [1.54, 1.807) is 19.1 Å². The van der Waals surface area contributed by atoms with Crippen molar-refractivity contribution < 1.29 is 18.3 Å². The first-order valence-corrected chi connectivity index (χ1v) is 7.47. The molecule has 0 bridgehead atoms. The van der Waals surface area contributed by atoms with Gasteiger partial charge < -0.3 is 5.11 Å². The van der Waals surface area contributed by atoms with Gasteiger partial charge in [0.15, 0.2) is 9.84 Å². The van der Waals surface area contributed by atoms with Crippen molar-refractivity contribution in [3.63, 3.8) is 0 Å². The summed E-state index contributed by atoms with van der Waals surface area (Å²) in [5.41, 5.74) is 0.601. The number of rotatable bonds is 6. The van der Waals surface area contributed by atoms with E-state index < -0.39 is 21.1 Å². The van der Waals surface area contributed by atoms with Crippen molar-refractivity contribution in [2.45, 2.75) is 43.3 Å². The molecule has 4 nitrogen and oxygen atoms in total. The second-order valence-electron chi connectivity index (χ2n) is 4.36. The van der Waals surface area contributed by atoms with Crippen LogP contribution in [0.5, 0.6) is 0 Å². The van der Waals surface area contributed by atoms with Gasteiger partial charge in [-0.25, -0.2) is 8.42 Å². The van der Waals surface area contributed by atoms with E-state index in [2.05, 4.69) is 0 Å². The highest BCUT2D eigenvalue weighted by Gasteiger charge is 2.22. The summed E-state index contributed by atoms with van der Waals surface area (Å²) in [5.74, 6) is -0.926. The maximum absolute atomic E-state index is 12.1. The Balaban J connectivity index is 2.94. The SMILES string of the molecule is CCCC(C)S(=O)(=O)c1ccc(CC(=O)O)cc1. The molecule has 5 heteroatoms. The molecular formula is C13H18O4S. The molecule has 18 heavy (non-hydrogen) atoms. The van der Waals surface area contributed by atoms with E-state index in [-0.39, 0.29) is 11.3 Å². The molecule has 0 amide bonds. The second-order valence-corrected chi connectivity index (χ2v) is 6.72. The molecule has 1 N–H and O–H groups in total. The molecule has 100 valence electrons. The molecule has 0 aromatic heterocycles. The predicted molar refractivity (Wildman–Crippen MR) is 69.3 cm³/mol. The Labute approximate surface area is 108 Å². The number of benzene rings is 1. The van der Waals surface area contributed by atoms with Crippen LogP contribution in [0.3, 0.4) is 0 Å². The molecule has 1 rings (SSSR count). The van der Waals surface area contributed by atoms with Crippen LogP contribution in [0.15, 0.2) is 29.2 Å². The number of carbonyl (C=O) groups is 1. The minimum atomic E-state index is -3.29. The van der Waals surface area contributed by atoms with E-state index in [4.69, 9.17) is 5.11 Å². The third-order valence-corrected chi connectivity index (χ3v) is 5.06. The molecule has 0 aliphatic heterocycles. The van der Waals surface area contributed by atoms with Gasteiger partial charge in [-0.3, -0.25) is 4.79 Å². The van der Waals surface area contributed by atoms with Crippen molar-refractivity contribution in [2.75, 3.05) is 0 Å². The first-order valence-electron chi connectivity index (χ1n) is 5.92. The molecule has 0 heterocycles. The number of carboxylic acid groups (broad SMARTS) is 1. The fraction of sp³-hybridized carbons (Fsp3) is 0.462. The van der Waals surface area contributed by atoms with E-state index in [1.165, 1.54) is 12.1 Å². The summed E-state index contributed by atoms with van der Waals surface area (Å²) in [7, 11) is -3.29. The van der Waals surface area contributed by atoms with Crippen LogP contribution in [0.1, 0.15) is 32.3 Å². The molecule has 0 radical (unpaired) electrons. The van der Waals surface area contributed by atoms with Gasteiger partial charge >= 0.3 is 5.97 Å². The first kappa shape index (κ1) is 14.7. The maximum atomic E-state index is 12.1. The van der Waals surface area contributed by atoms with Crippen LogP contribution in [0.25, 0.3) is 0 Å². The van der Waals surface area contributed by atoms with Crippen LogP contribution < -0.4 is 0 Å². The molecule has 0 saturated carbocycles. The zero-order valence-corrected chi connectivity index (χ0v) is 11.4. The molecule has 1 aromatic rings. The average Bonchev–Trinajstić information content (AvgIpc) is 2.29. The van der Waals surface area contributed by atoms with Crippen LogP contribution >= 0.6 is 0 Å². The van der Waals surface area contributed by atoms with Crippen LogP contribution in [0, 0.1) is 0 Å². The minimum Gasteiger partial charge on any atom is -0.481 e. The fourth-order valence-corrected chi connectivity index (χ4v) is 3.29. The van der Waals surface area contributed by atoms with Gasteiger partial charge in [-0.15, -0.1) is 0 Å². The van der Waals surface area contributed by atoms with Crippen molar-refractivity contribution in [1.29, 1.82) is 0 Å². The zero-order chi connectivity index (χ0) is 13.8. The quantitative estimate of drug-likeness (QED) is 0.860. The summed E-state index contributed by atoms with van der Waals surface area (Å²) in [6.45, 7) is 3.64. The molecule has 0 aliphatic carbocycles. The number of hydrogen-bond donors (Lipinski definition) is 1. The molecule has 1 atom stereocenters. The molecule has 0 fully saturated rings. The third-order valence-electron chi connectivity index (χ3n) is 2.83. The lowest BCUT2D eigenvalue weighted by molar-refractivity contribution is -0.136. The molecule has 1 aromatic carbocycles. The van der Waals surface area contributed by atoms with E-state index in [1.807, 2.05) is 6.92 Å². The standard InChI is InChI=1S/C13H18O4S/c1-3-4-10(2)18(16,17)12-7-5-11(6-8-12)9-13(14)15/h5-8,10H,3-4,9H2,1-2H3,(H,14,15). The third kappa shape index (κ3) is 3.57. The van der Waals surface area contributed by atoms with Crippen molar-refractivity contribution in [2.24, 2.45) is 0 Å². The van der Waals surface area contributed by atoms with Crippen molar-refractivity contribution in [3.05, 3.63) is 29.8 Å². The zero-order valence-electron chi connectivity index (χ0n) is 10.6. The summed E-state index contributed by atoms with van der Waals surface area (Å²) < 4.78 is 24.3. The molecule has 0 saturated heterocycles. The Morgan fingerprint density at radius 1 is 1.28 bits per heavy atom. The van der Waals surface area contributed by atoms with Gasteiger partial charge in [0, 0.05) is 0 Å². The lowest BCUT2D eigenvalue weighted by Crippen LogP contribution is -2.17. The van der Waals surface area contributed by atoms with Gasteiger partial charge in [-0.2, -0.15) is 0 Å². The lowest BCUT2D eigenvalue weighted by atomic mass is 10.2. The van der Waals surface area contributed by atoms with Crippen molar-refractivity contribution in [1.82, 2.24) is 0 Å². The van der Waals surface area contributed by atoms with Gasteiger partial charge in [0.25, 0.3) is 0 Å². The maximum Gasteiger partial charge on any atom is 0.307 e. The highest BCUT2D eigenvalue weighted by molar-refractivity contribution is 7.92. The average molecular weight is 270 g/mol. The summed E-state index contributed by atoms with van der Waals surface area (Å²) in [4.78, 5) is 10.8. The Kier molecular flexibility index (Phi) is 4.90. The largest absolute Gasteiger partial charge is 0.481 e. The lowest BCUT2D eigenvalue weighted by Gasteiger charge is -2.12. The normalized spacial score (nSPS) is 13.2. The van der Waals surface area contributed by atoms with Crippen LogP contribution in [-0.4, -0.2) is 24.7 Å². The fourth-order valence-electron chi connectivity index (χ4n) is 1.77. The summed E-state index contributed by atoms with van der Waals surface area (Å²) in [6, 6.07) is 6.08. The molecular weight excluding hydrogens is 252 g/mol. The molecule has 0 spiro atoms. The second kappa shape index (κ2) is 6.00. The van der Waals surface area contributed by atoms with Crippen LogP contribution in [-0.2, 0) is 21.1 Å². The Morgan fingerprint density at radius 2 is 1.83 bits per heavy atom. The van der Waals surface area contributed by atoms with Gasteiger partial charge in [-0.05, 0) is 31.0 Å². The first-order chi connectivity index (χ1) is 8.37. The minimum absolute atomic E-state index is 0.0924. The predicted octanol–water partition coefficient (Wildman–Crippen LogP) is 2.28. The highest BCUT2D eigenvalue weighted by atomic mass is 32.2. The molecule has 0 aliphatic rings. The summed E-state index contributed by atoms with van der Waals surface area (Å²) in [6.07, 6.45) is 1.35. The van der Waals surface area contributed by atoms with Gasteiger partial charge in [0.05, 0.1) is 16.6 Å². The van der Waals surface area contributed by atoms with E-state index in [0.717, 1.165) is 6.42 Å². The number of carboxylic acids is 1. The summed E-state index contributed by atoms with van der Waals surface area (Å²) >= 11 is 0. The van der Waals surface area contributed by atoms with Crippen molar-refractivity contribution in [3.8, 4) is 0 Å². The monoisotopic (exact) mass is 270 g/mol. The Bertz CT molecular complexity index is 502. The van der Waals surface area contributed by atoms with Gasteiger partial charge in [0.1, 0.15) is 0 Å². The smallest absolute Gasteiger partial charge is 0.307 e. The van der Waals surface area contributed by atoms with E-state index in [0.29, 0.717) is 12.0 Å². The molecule has 1 unspecified atom stereocenters. The van der Waals surface area contributed by atoms with E-state index >= 15 is 0 Å². The Hall–Kier alpha value is -1.36. The Morgan fingerprint density at radius 3 is 2.28 bits per heavy atom. The highest BCUT2D eigenvalue weighted by Crippen LogP contribution is 2.19. The summed E-state index contributed by atoms with van der Waals surface area (Å²) in [5, 5.41) is 8.23. The van der Waals surface area contributed by atoms with Gasteiger partial charge in [-0.1, -0.05) is 25.5 Å². The van der Waals surface area contributed by atoms with Crippen molar-refractivity contribution >= 4 is 15.8 Å². The number of sulfone groups is 1. The van der Waals surface area contributed by atoms with Crippen LogP contribution in [0.2, 0.25) is 0 Å². The van der Waals surface area contributed by atoms with Gasteiger partial charge in [0.2, 0.25) is 0 Å². The number of aliphatic carboxylic acids is 1. The number of hydrogen-bond acceptors (Lipinski definition) is 3.